The van der Waals surface area contributed by atoms with Gasteiger partial charge in [0.1, 0.15) is 12.4 Å². The summed E-state index contributed by atoms with van der Waals surface area (Å²) in [7, 11) is 0. The highest BCUT2D eigenvalue weighted by atomic mass is 19.2. The predicted octanol–water partition coefficient (Wildman–Crippen LogP) is 8.85. The zero-order valence-electron chi connectivity index (χ0n) is 20.6. The first-order valence-corrected chi connectivity index (χ1v) is 11.9. The van der Waals surface area contributed by atoms with Gasteiger partial charge in [0.05, 0.1) is 5.69 Å². The van der Waals surface area contributed by atoms with Crippen LogP contribution in [-0.4, -0.2) is 11.6 Å². The van der Waals surface area contributed by atoms with Crippen molar-refractivity contribution in [2.24, 2.45) is 0 Å². The number of allylic oxidation sites excluding steroid dienone is 2. The Morgan fingerprint density at radius 1 is 0.789 bits per heavy atom. The number of hydrogen-bond donors (Lipinski definition) is 0. The molecule has 0 fully saturated rings. The summed E-state index contributed by atoms with van der Waals surface area (Å²) in [5, 5.41) is 0. The van der Waals surface area contributed by atoms with Crippen LogP contribution in [0.2, 0.25) is 0 Å². The van der Waals surface area contributed by atoms with Crippen LogP contribution in [0.25, 0.3) is 33.5 Å². The van der Waals surface area contributed by atoms with Crippen LogP contribution in [0.15, 0.2) is 85.6 Å². The highest BCUT2D eigenvalue weighted by Gasteiger charge is 2.19. The molecule has 1 aromatic heterocycles. The summed E-state index contributed by atoms with van der Waals surface area (Å²) in [6, 6.07) is 12.4. The van der Waals surface area contributed by atoms with Crippen LogP contribution in [0.5, 0.6) is 5.75 Å². The molecule has 3 aromatic carbocycles. The summed E-state index contributed by atoms with van der Waals surface area (Å²) in [5.74, 6) is -5.29. The van der Waals surface area contributed by atoms with Gasteiger partial charge in [-0.15, -0.1) is 0 Å². The van der Waals surface area contributed by atoms with E-state index < -0.39 is 29.1 Å². The van der Waals surface area contributed by atoms with Crippen molar-refractivity contribution in [1.82, 2.24) is 4.98 Å². The highest BCUT2D eigenvalue weighted by Crippen LogP contribution is 2.34. The smallest absolute Gasteiger partial charge is 0.201 e. The molecule has 2 nitrogen and oxygen atoms in total. The molecule has 38 heavy (non-hydrogen) atoms. The van der Waals surface area contributed by atoms with Crippen LogP contribution in [0.3, 0.4) is 0 Å². The average Bonchev–Trinajstić information content (AvgIpc) is 2.92. The Hall–Kier alpha value is -4.26. The van der Waals surface area contributed by atoms with Gasteiger partial charge in [-0.05, 0) is 49.1 Å². The summed E-state index contributed by atoms with van der Waals surface area (Å²) in [5.41, 5.74) is 0.811. The van der Waals surface area contributed by atoms with E-state index in [2.05, 4.69) is 11.6 Å². The van der Waals surface area contributed by atoms with Crippen molar-refractivity contribution in [3.8, 4) is 39.3 Å². The van der Waals surface area contributed by atoms with E-state index in [4.69, 9.17) is 4.74 Å². The third kappa shape index (κ3) is 5.52. The molecule has 0 aliphatic rings. The molecule has 4 aromatic rings. The predicted molar refractivity (Wildman–Crippen MR) is 139 cm³/mol. The molecule has 194 valence electrons. The first kappa shape index (κ1) is 26.8. The van der Waals surface area contributed by atoms with E-state index in [-0.39, 0.29) is 34.7 Å². The summed E-state index contributed by atoms with van der Waals surface area (Å²) >= 11 is 0. The normalized spacial score (nSPS) is 11.2. The van der Waals surface area contributed by atoms with Crippen LogP contribution in [0.4, 0.5) is 22.0 Å². The van der Waals surface area contributed by atoms with Crippen molar-refractivity contribution in [2.75, 3.05) is 6.61 Å². The van der Waals surface area contributed by atoms with Crippen molar-refractivity contribution in [1.29, 1.82) is 0 Å². The van der Waals surface area contributed by atoms with Gasteiger partial charge < -0.3 is 4.74 Å². The Bertz CT molecular complexity index is 1500. The third-order valence-corrected chi connectivity index (χ3v) is 6.01. The molecule has 0 atom stereocenters. The molecule has 7 heteroatoms. The number of ether oxygens (including phenoxy) is 1. The molecule has 0 spiro atoms. The quantitative estimate of drug-likeness (QED) is 0.162. The van der Waals surface area contributed by atoms with E-state index in [0.29, 0.717) is 29.5 Å². The van der Waals surface area contributed by atoms with Gasteiger partial charge in [0.15, 0.2) is 23.2 Å². The van der Waals surface area contributed by atoms with Gasteiger partial charge in [-0.2, -0.15) is 4.39 Å². The monoisotopic (exact) mass is 521 g/mol. The largest absolute Gasteiger partial charge is 0.486 e. The van der Waals surface area contributed by atoms with Crippen LogP contribution >= 0.6 is 0 Å². The molecule has 0 amide bonds. The van der Waals surface area contributed by atoms with Crippen molar-refractivity contribution in [3.05, 3.63) is 120 Å². The van der Waals surface area contributed by atoms with Crippen molar-refractivity contribution < 1.29 is 26.7 Å². The molecule has 0 unspecified atom stereocenters. The minimum Gasteiger partial charge on any atom is -0.486 e. The third-order valence-electron chi connectivity index (χ3n) is 6.01. The molecular formula is C31H24F5NO. The van der Waals surface area contributed by atoms with Gasteiger partial charge in [-0.3, -0.25) is 4.98 Å². The summed E-state index contributed by atoms with van der Waals surface area (Å²) in [6.45, 7) is 5.36. The Balaban J connectivity index is 1.60. The zero-order chi connectivity index (χ0) is 27.2. The maximum Gasteiger partial charge on any atom is 0.201 e. The molecule has 0 N–H and O–H groups in total. The molecule has 0 bridgehead atoms. The molecule has 0 saturated carbocycles. The van der Waals surface area contributed by atoms with Crippen molar-refractivity contribution >= 4 is 0 Å². The number of hydrogen-bond acceptors (Lipinski definition) is 2. The fourth-order valence-corrected chi connectivity index (χ4v) is 4.01. The lowest BCUT2D eigenvalue weighted by molar-refractivity contribution is 0.333. The SMILES string of the molecule is C=CCOc1ccc(-c2ccc(-c3ccc(-c4cc(F)c(CC/C=C/C)cn4)c(F)c3F)cc2)c(F)c1F. The topological polar surface area (TPSA) is 22.1 Å². The van der Waals surface area contributed by atoms with Crippen molar-refractivity contribution in [3.63, 3.8) is 0 Å². The Labute approximate surface area is 217 Å². The number of pyridine rings is 1. The lowest BCUT2D eigenvalue weighted by atomic mass is 9.97. The fourth-order valence-electron chi connectivity index (χ4n) is 4.01. The van der Waals surface area contributed by atoms with E-state index in [1.165, 1.54) is 60.8 Å². The lowest BCUT2D eigenvalue weighted by Crippen LogP contribution is -1.99. The number of aromatic nitrogens is 1. The number of benzene rings is 3. The highest BCUT2D eigenvalue weighted by molar-refractivity contribution is 5.74. The van der Waals surface area contributed by atoms with Crippen LogP contribution in [0.1, 0.15) is 18.9 Å². The van der Waals surface area contributed by atoms with Gasteiger partial charge >= 0.3 is 0 Å². The van der Waals surface area contributed by atoms with E-state index in [1.54, 1.807) is 0 Å². The van der Waals surface area contributed by atoms with Crippen molar-refractivity contribution in [2.45, 2.75) is 19.8 Å². The molecule has 0 aliphatic heterocycles. The molecular weight excluding hydrogens is 497 g/mol. The molecule has 4 rings (SSSR count). The zero-order valence-corrected chi connectivity index (χ0v) is 20.6. The number of halogens is 5. The molecule has 1 heterocycles. The van der Waals surface area contributed by atoms with Crippen LogP contribution in [0, 0.1) is 29.1 Å². The van der Waals surface area contributed by atoms with Gasteiger partial charge in [0, 0.05) is 34.5 Å². The number of aryl methyl sites for hydroxylation is 1. The molecule has 0 saturated heterocycles. The minimum absolute atomic E-state index is 0.00994. The maximum absolute atomic E-state index is 15.1. The first-order chi connectivity index (χ1) is 18.3. The second kappa shape index (κ2) is 11.9. The van der Waals surface area contributed by atoms with Gasteiger partial charge in [0.25, 0.3) is 0 Å². The van der Waals surface area contributed by atoms with E-state index in [9.17, 15) is 13.2 Å². The second-order valence-corrected chi connectivity index (χ2v) is 8.47. The first-order valence-electron chi connectivity index (χ1n) is 11.9. The molecule has 0 aliphatic carbocycles. The van der Waals surface area contributed by atoms with E-state index in [0.717, 1.165) is 6.07 Å². The summed E-state index contributed by atoms with van der Waals surface area (Å²) < 4.78 is 78.7. The lowest BCUT2D eigenvalue weighted by Gasteiger charge is -2.12. The minimum atomic E-state index is -1.16. The van der Waals surface area contributed by atoms with E-state index in [1.807, 2.05) is 19.1 Å². The average molecular weight is 522 g/mol. The summed E-state index contributed by atoms with van der Waals surface area (Å²) in [6.07, 6.45) is 7.59. The standard InChI is InChI=1S/C31H24F5NO/c1-3-5-6-7-21-18-37-26(17-25(21)32)24-13-12-22(28(33)30(24)35)19-8-10-20(11-9-19)23-14-15-27(38-16-4-2)31(36)29(23)34/h3-5,8-15,17-18H,2,6-7,16H2,1H3/b5-3+. The second-order valence-electron chi connectivity index (χ2n) is 8.47. The van der Waals surface area contributed by atoms with Gasteiger partial charge in [-0.25, -0.2) is 17.6 Å². The van der Waals surface area contributed by atoms with Gasteiger partial charge in [0.2, 0.25) is 5.82 Å². The maximum atomic E-state index is 15.1. The van der Waals surface area contributed by atoms with Crippen LogP contribution < -0.4 is 4.74 Å². The van der Waals surface area contributed by atoms with Gasteiger partial charge in [-0.1, -0.05) is 55.1 Å². The molecule has 0 radical (unpaired) electrons. The number of rotatable bonds is 9. The Morgan fingerprint density at radius 3 is 1.97 bits per heavy atom. The Morgan fingerprint density at radius 2 is 1.37 bits per heavy atom. The number of nitrogens with zero attached hydrogens (tertiary/aromatic N) is 1. The fraction of sp³-hybridized carbons (Fsp3) is 0.129. The summed E-state index contributed by atoms with van der Waals surface area (Å²) in [4.78, 5) is 4.13. The Kier molecular flexibility index (Phi) is 8.36. The van der Waals surface area contributed by atoms with Crippen LogP contribution in [-0.2, 0) is 6.42 Å². The van der Waals surface area contributed by atoms with E-state index >= 15 is 8.78 Å².